The largest absolute Gasteiger partial charge is 1.00 e. The molecule has 6 rings (SSSR count). The molecular weight excluding hydrogens is 943 g/mol. The second-order valence-corrected chi connectivity index (χ2v) is 30.0. The number of hydrogen-bond donors (Lipinski definition) is 0. The smallest absolute Gasteiger partial charge is 0.928 e. The average Bonchev–Trinajstić information content (AvgIpc) is 3.32. The molecule has 1 aromatic carbocycles. The van der Waals surface area contributed by atoms with Gasteiger partial charge in [-0.05, 0) is 59.2 Å². The van der Waals surface area contributed by atoms with Crippen LogP contribution >= 0.6 is 0 Å². The van der Waals surface area contributed by atoms with E-state index in [1.165, 1.54) is 67.9 Å². The number of rotatable bonds is 16. The Morgan fingerprint density at radius 1 is 0.434 bits per heavy atom. The van der Waals surface area contributed by atoms with Crippen LogP contribution in [0.1, 0.15) is 235 Å². The van der Waals surface area contributed by atoms with Gasteiger partial charge in [0, 0.05) is 0 Å². The molecule has 2 nitrogen and oxygen atoms in total. The van der Waals surface area contributed by atoms with E-state index in [9.17, 15) is 10.2 Å². The van der Waals surface area contributed by atoms with E-state index in [1.807, 2.05) is 0 Å². The minimum atomic E-state index is -0.421. The van der Waals surface area contributed by atoms with Gasteiger partial charge in [0.2, 0.25) is 0 Å². The average molecular weight is 1060 g/mol. The van der Waals surface area contributed by atoms with E-state index >= 15 is 0 Å². The molecule has 4 saturated carbocycles. The molecule has 9 atom stereocenters. The Kier molecular flexibility index (Phi) is 28.4. The van der Waals surface area contributed by atoms with Gasteiger partial charge in [0.1, 0.15) is 0 Å². The second-order valence-electron chi connectivity index (χ2n) is 30.0. The Bertz CT molecular complexity index is 1800. The fourth-order valence-corrected chi connectivity index (χ4v) is 16.2. The Labute approximate surface area is 519 Å². The quantitative estimate of drug-likeness (QED) is 0.122. The van der Waals surface area contributed by atoms with Gasteiger partial charge in [0.25, 0.3) is 0 Å². The number of para-hydroxylation sites is 1. The summed E-state index contributed by atoms with van der Waals surface area (Å²) in [5.74, 6) is 20.3. The molecule has 5 aliphatic rings. The van der Waals surface area contributed by atoms with Gasteiger partial charge in [-0.1, -0.05) is 283 Å². The monoisotopic (exact) mass is 1060 g/mol. The minimum absolute atomic E-state index is 0. The van der Waals surface area contributed by atoms with Crippen molar-refractivity contribution in [3.63, 3.8) is 0 Å². The predicted octanol–water partition coefficient (Wildman–Crippen LogP) is 13.2. The van der Waals surface area contributed by atoms with Crippen LogP contribution < -0.4 is 69.3 Å². The van der Waals surface area contributed by atoms with Crippen molar-refractivity contribution in [2.75, 3.05) is 0 Å². The molecule has 1 aromatic rings. The number of allylic oxidation sites excluding steroid dienone is 4. The van der Waals surface area contributed by atoms with Crippen LogP contribution in [-0.2, 0) is 0 Å². The molecule has 9 unspecified atom stereocenters. The summed E-state index contributed by atoms with van der Waals surface area (Å²) < 4.78 is 0. The van der Waals surface area contributed by atoms with Crippen molar-refractivity contribution in [3.8, 4) is 5.75 Å². The van der Waals surface area contributed by atoms with E-state index < -0.39 is 6.10 Å². The first-order chi connectivity index (χ1) is 34.5. The maximum absolute atomic E-state index is 14.9. The molecule has 0 aromatic heterocycles. The Hall–Kier alpha value is 0.200. The van der Waals surface area contributed by atoms with Crippen molar-refractivity contribution < 1.29 is 69.3 Å². The molecule has 0 radical (unpaired) electrons. The number of benzene rings is 1. The van der Waals surface area contributed by atoms with Crippen LogP contribution in [0.5, 0.6) is 5.75 Å². The Morgan fingerprint density at radius 2 is 0.776 bits per heavy atom. The number of hydrogen-bond acceptors (Lipinski definition) is 2. The molecule has 0 heterocycles. The third kappa shape index (κ3) is 16.3. The van der Waals surface area contributed by atoms with Crippen LogP contribution in [0.2, 0.25) is 0 Å². The summed E-state index contributed by atoms with van der Waals surface area (Å²) in [6, 6.07) is 6.45. The Morgan fingerprint density at radius 3 is 1.08 bits per heavy atom. The maximum atomic E-state index is 14.9. The fraction of sp³-hybridized carbons (Fsp3) is 0.806. The van der Waals surface area contributed by atoms with Crippen LogP contribution in [-0.4, -0.2) is 6.10 Å². The fourth-order valence-electron chi connectivity index (χ4n) is 16.2. The first-order valence-corrected chi connectivity index (χ1v) is 31.9. The van der Waals surface area contributed by atoms with E-state index in [-0.39, 0.29) is 70.8 Å². The molecule has 0 aliphatic heterocycles. The van der Waals surface area contributed by atoms with Crippen molar-refractivity contribution in [2.24, 2.45) is 142 Å². The van der Waals surface area contributed by atoms with E-state index in [1.54, 1.807) is 11.8 Å². The van der Waals surface area contributed by atoms with Crippen molar-refractivity contribution in [1.29, 1.82) is 0 Å². The minimum Gasteiger partial charge on any atom is -0.928 e. The van der Waals surface area contributed by atoms with Crippen LogP contribution in [0.4, 0.5) is 0 Å². The maximum Gasteiger partial charge on any atom is 1.00 e. The van der Waals surface area contributed by atoms with Crippen molar-refractivity contribution in [1.82, 2.24) is 0 Å². The van der Waals surface area contributed by atoms with Crippen LogP contribution in [0.15, 0.2) is 41.5 Å². The van der Waals surface area contributed by atoms with Gasteiger partial charge in [-0.15, -0.1) is 17.6 Å². The van der Waals surface area contributed by atoms with Crippen molar-refractivity contribution >= 4 is 0 Å². The molecule has 5 aliphatic carbocycles. The third-order valence-corrected chi connectivity index (χ3v) is 21.1. The van der Waals surface area contributed by atoms with Crippen molar-refractivity contribution in [2.45, 2.75) is 230 Å². The summed E-state index contributed by atoms with van der Waals surface area (Å²) in [5.41, 5.74) is 4.72. The predicted molar refractivity (Wildman–Crippen MR) is 319 cm³/mol. The molecular formula is C72H120Na2O2-4. The molecule has 0 N–H and O–H groups in total. The summed E-state index contributed by atoms with van der Waals surface area (Å²) in [7, 11) is 0. The van der Waals surface area contributed by atoms with Crippen LogP contribution in [0, 0.1) is 166 Å². The van der Waals surface area contributed by atoms with E-state index in [2.05, 4.69) is 197 Å². The summed E-state index contributed by atoms with van der Waals surface area (Å²) in [5, 5.41) is 29.5. The van der Waals surface area contributed by atoms with Gasteiger partial charge in [0.05, 0.1) is 0 Å². The van der Waals surface area contributed by atoms with Gasteiger partial charge in [-0.3, -0.25) is 0 Å². The molecule has 4 fully saturated rings. The summed E-state index contributed by atoms with van der Waals surface area (Å²) >= 11 is 0. The summed E-state index contributed by atoms with van der Waals surface area (Å²) in [4.78, 5) is 0. The molecule has 0 saturated heterocycles. The SMILES string of the molecule is CC(C)C1=CC(C(C)C)[C-](c2cccc([C-]3C(C(C)C)CC(C(C)C)CC3C(C)C)c2[O-])C(C(C)C)=C1.CC(C)C1CC(C(C)C)[C-](C2CCCC([C-]3C(C(C)C)CC(C(C)C)CC3C(C)C)C2[O-])C(C(C)C)C1.[Na+].[Na+]. The van der Waals surface area contributed by atoms with Gasteiger partial charge in [-0.25, -0.2) is 11.3 Å². The van der Waals surface area contributed by atoms with E-state index in [4.69, 9.17) is 0 Å². The third-order valence-electron chi connectivity index (χ3n) is 21.1. The normalized spacial score (nSPS) is 31.4. The summed E-state index contributed by atoms with van der Waals surface area (Å²) in [6.07, 6.45) is 15.7. The van der Waals surface area contributed by atoms with E-state index in [0.29, 0.717) is 107 Å². The van der Waals surface area contributed by atoms with Crippen LogP contribution in [0.25, 0.3) is 0 Å². The van der Waals surface area contributed by atoms with Gasteiger partial charge < -0.3 is 22.0 Å². The molecule has 4 heteroatoms. The zero-order valence-electron chi connectivity index (χ0n) is 55.0. The van der Waals surface area contributed by atoms with Crippen LogP contribution in [0.3, 0.4) is 0 Å². The van der Waals surface area contributed by atoms with Crippen molar-refractivity contribution in [3.05, 3.63) is 76.3 Å². The second kappa shape index (κ2) is 30.7. The molecule has 76 heavy (non-hydrogen) atoms. The molecule has 0 amide bonds. The first kappa shape index (κ1) is 70.5. The zero-order chi connectivity index (χ0) is 55.5. The molecule has 0 bridgehead atoms. The molecule has 426 valence electrons. The molecule has 0 spiro atoms. The van der Waals surface area contributed by atoms with Gasteiger partial charge in [-0.2, -0.15) is 71.3 Å². The zero-order valence-corrected chi connectivity index (χ0v) is 59.0. The summed E-state index contributed by atoms with van der Waals surface area (Å²) in [6.45, 7) is 57.2. The standard InChI is InChI=1S/C36H65O.C36H56O.2Na/c2*1-20(2)26-16-30(22(5)6)34(31(17-26)23(7)8)28-14-13-15-29(36(28)37)35-32(24(9)10)18-27(21(3)4)19-33(35)25(11)12;;/h20-33,36H,13-19H2,1-12H3;13-17,20-25,27,30,32-33,37H,18-19H2,1-12H3;;/q-3;-2;2*+1/p-1. The van der Waals surface area contributed by atoms with Gasteiger partial charge >= 0.3 is 59.1 Å². The van der Waals surface area contributed by atoms with E-state index in [0.717, 1.165) is 53.6 Å². The van der Waals surface area contributed by atoms with Gasteiger partial charge in [0.15, 0.2) is 0 Å². The topological polar surface area (TPSA) is 46.1 Å². The Balaban J connectivity index is 0.000000390. The first-order valence-electron chi connectivity index (χ1n) is 31.9.